The van der Waals surface area contributed by atoms with E-state index in [1.54, 1.807) is 0 Å². The number of aliphatic hydroxyl groups is 3. The van der Waals surface area contributed by atoms with Gasteiger partial charge in [0.15, 0.2) is 0 Å². The van der Waals surface area contributed by atoms with Crippen LogP contribution in [-0.4, -0.2) is 59.7 Å². The predicted molar refractivity (Wildman–Crippen MR) is 53.1 cm³/mol. The number of carbonyl (C=O) groups is 1. The number of rotatable bonds is 5. The van der Waals surface area contributed by atoms with E-state index in [1.165, 1.54) is 0 Å². The molecule has 1 unspecified atom stereocenters. The van der Waals surface area contributed by atoms with Crippen molar-refractivity contribution in [1.29, 1.82) is 0 Å². The van der Waals surface area contributed by atoms with Crippen molar-refractivity contribution < 1.29 is 20.1 Å². The Balaban J connectivity index is 2.53. The number of amides is 1. The lowest BCUT2D eigenvalue weighted by Gasteiger charge is -2.29. The van der Waals surface area contributed by atoms with Gasteiger partial charge in [-0.05, 0) is 13.0 Å². The molecule has 0 radical (unpaired) electrons. The number of aliphatic hydroxyl groups excluding tert-OH is 3. The SMILES string of the molecule is O=C(NC(CO)(CO)CO)C1CCNC1. The second-order valence-corrected chi connectivity index (χ2v) is 3.93. The molecule has 5 N–H and O–H groups in total. The Morgan fingerprint density at radius 2 is 1.93 bits per heavy atom. The number of nitrogens with one attached hydrogen (secondary N) is 2. The van der Waals surface area contributed by atoms with Crippen LogP contribution in [0.4, 0.5) is 0 Å². The van der Waals surface area contributed by atoms with Crippen LogP contribution in [0.15, 0.2) is 0 Å². The summed E-state index contributed by atoms with van der Waals surface area (Å²) < 4.78 is 0. The summed E-state index contributed by atoms with van der Waals surface area (Å²) in [6.07, 6.45) is 0.740. The van der Waals surface area contributed by atoms with Crippen molar-refractivity contribution in [2.45, 2.75) is 12.0 Å². The molecule has 0 aromatic heterocycles. The fourth-order valence-electron chi connectivity index (χ4n) is 1.51. The summed E-state index contributed by atoms with van der Waals surface area (Å²) in [5.41, 5.74) is -1.31. The monoisotopic (exact) mass is 218 g/mol. The van der Waals surface area contributed by atoms with E-state index >= 15 is 0 Å². The molecule has 15 heavy (non-hydrogen) atoms. The lowest BCUT2D eigenvalue weighted by molar-refractivity contribution is -0.128. The van der Waals surface area contributed by atoms with E-state index < -0.39 is 25.4 Å². The summed E-state index contributed by atoms with van der Waals surface area (Å²) in [6, 6.07) is 0. The van der Waals surface area contributed by atoms with Crippen LogP contribution < -0.4 is 10.6 Å². The highest BCUT2D eigenvalue weighted by atomic mass is 16.3. The van der Waals surface area contributed by atoms with Gasteiger partial charge in [-0.25, -0.2) is 0 Å². The van der Waals surface area contributed by atoms with Crippen LogP contribution in [0.3, 0.4) is 0 Å². The summed E-state index contributed by atoms with van der Waals surface area (Å²) in [7, 11) is 0. The molecule has 1 saturated heterocycles. The molecule has 0 spiro atoms. The zero-order chi connectivity index (χ0) is 11.3. The van der Waals surface area contributed by atoms with Crippen molar-refractivity contribution >= 4 is 5.91 Å². The molecule has 1 aliphatic rings. The molecule has 1 rings (SSSR count). The van der Waals surface area contributed by atoms with Gasteiger partial charge in [-0.2, -0.15) is 0 Å². The Morgan fingerprint density at radius 3 is 2.33 bits per heavy atom. The lowest BCUT2D eigenvalue weighted by atomic mass is 10.0. The Hall–Kier alpha value is -0.690. The van der Waals surface area contributed by atoms with Gasteiger partial charge in [-0.1, -0.05) is 0 Å². The molecule has 6 nitrogen and oxygen atoms in total. The lowest BCUT2D eigenvalue weighted by Crippen LogP contribution is -2.58. The van der Waals surface area contributed by atoms with Crippen molar-refractivity contribution in [3.63, 3.8) is 0 Å². The van der Waals surface area contributed by atoms with Crippen molar-refractivity contribution in [2.75, 3.05) is 32.9 Å². The number of hydrogen-bond acceptors (Lipinski definition) is 5. The summed E-state index contributed by atoms with van der Waals surface area (Å²) in [5.74, 6) is -0.383. The highest BCUT2D eigenvalue weighted by molar-refractivity contribution is 5.80. The van der Waals surface area contributed by atoms with Crippen LogP contribution in [0.5, 0.6) is 0 Å². The highest BCUT2D eigenvalue weighted by Crippen LogP contribution is 2.10. The average Bonchev–Trinajstić information content (AvgIpc) is 2.79. The first-order valence-electron chi connectivity index (χ1n) is 5.03. The minimum Gasteiger partial charge on any atom is -0.394 e. The first-order chi connectivity index (χ1) is 7.17. The maximum Gasteiger partial charge on any atom is 0.225 e. The third-order valence-electron chi connectivity index (χ3n) is 2.73. The van der Waals surface area contributed by atoms with Crippen LogP contribution in [-0.2, 0) is 4.79 Å². The fourth-order valence-corrected chi connectivity index (χ4v) is 1.51. The fraction of sp³-hybridized carbons (Fsp3) is 0.889. The zero-order valence-electron chi connectivity index (χ0n) is 8.57. The van der Waals surface area contributed by atoms with Crippen molar-refractivity contribution in [3.8, 4) is 0 Å². The largest absolute Gasteiger partial charge is 0.394 e. The third kappa shape index (κ3) is 2.88. The molecule has 0 bridgehead atoms. The van der Waals surface area contributed by atoms with E-state index in [0.717, 1.165) is 13.0 Å². The van der Waals surface area contributed by atoms with E-state index in [-0.39, 0.29) is 11.8 Å². The molecule has 6 heteroatoms. The standard InChI is InChI=1S/C9H18N2O4/c12-4-9(5-13,6-14)11-8(15)7-1-2-10-3-7/h7,10,12-14H,1-6H2,(H,11,15). The van der Waals surface area contributed by atoms with Crippen LogP contribution in [0.25, 0.3) is 0 Å². The van der Waals surface area contributed by atoms with Gasteiger partial charge in [0.1, 0.15) is 5.54 Å². The highest BCUT2D eigenvalue weighted by Gasteiger charge is 2.33. The zero-order valence-corrected chi connectivity index (χ0v) is 8.57. The molecule has 1 amide bonds. The van der Waals surface area contributed by atoms with Gasteiger partial charge in [0.25, 0.3) is 0 Å². The normalized spacial score (nSPS) is 21.7. The molecule has 1 fully saturated rings. The van der Waals surface area contributed by atoms with Crippen molar-refractivity contribution in [3.05, 3.63) is 0 Å². The van der Waals surface area contributed by atoms with Gasteiger partial charge in [-0.3, -0.25) is 4.79 Å². The van der Waals surface area contributed by atoms with Crippen LogP contribution >= 0.6 is 0 Å². The van der Waals surface area contributed by atoms with E-state index in [2.05, 4.69) is 10.6 Å². The van der Waals surface area contributed by atoms with E-state index in [1.807, 2.05) is 0 Å². The Kier molecular flexibility index (Phi) is 4.46. The molecule has 0 aromatic carbocycles. The minimum absolute atomic E-state index is 0.144. The molecule has 1 atom stereocenters. The molecule has 88 valence electrons. The quantitative estimate of drug-likeness (QED) is 0.349. The van der Waals surface area contributed by atoms with Crippen molar-refractivity contribution in [1.82, 2.24) is 10.6 Å². The molecular formula is C9H18N2O4. The van der Waals surface area contributed by atoms with E-state index in [9.17, 15) is 4.79 Å². The maximum atomic E-state index is 11.7. The summed E-state index contributed by atoms with van der Waals surface area (Å²) in [5, 5.41) is 32.6. The summed E-state index contributed by atoms with van der Waals surface area (Å²) in [6.45, 7) is -0.0453. The molecule has 0 saturated carbocycles. The third-order valence-corrected chi connectivity index (χ3v) is 2.73. The summed E-state index contributed by atoms with van der Waals surface area (Å²) in [4.78, 5) is 11.7. The Bertz CT molecular complexity index is 204. The van der Waals surface area contributed by atoms with Crippen LogP contribution in [0, 0.1) is 5.92 Å². The second-order valence-electron chi connectivity index (χ2n) is 3.93. The molecule has 0 aliphatic carbocycles. The molecule has 1 heterocycles. The average molecular weight is 218 g/mol. The van der Waals surface area contributed by atoms with Crippen LogP contribution in [0.1, 0.15) is 6.42 Å². The Morgan fingerprint density at radius 1 is 1.33 bits per heavy atom. The smallest absolute Gasteiger partial charge is 0.225 e. The second kappa shape index (κ2) is 5.41. The maximum absolute atomic E-state index is 11.7. The van der Waals surface area contributed by atoms with Gasteiger partial charge in [0, 0.05) is 6.54 Å². The predicted octanol–water partition coefficient (Wildman–Crippen LogP) is -2.57. The van der Waals surface area contributed by atoms with Gasteiger partial charge in [0.2, 0.25) is 5.91 Å². The molecular weight excluding hydrogens is 200 g/mol. The van der Waals surface area contributed by atoms with Gasteiger partial charge >= 0.3 is 0 Å². The van der Waals surface area contributed by atoms with Gasteiger partial charge < -0.3 is 26.0 Å². The van der Waals surface area contributed by atoms with E-state index in [0.29, 0.717) is 6.54 Å². The summed E-state index contributed by atoms with van der Waals surface area (Å²) >= 11 is 0. The Labute approximate surface area is 88.3 Å². The van der Waals surface area contributed by atoms with Gasteiger partial charge in [-0.15, -0.1) is 0 Å². The van der Waals surface area contributed by atoms with Gasteiger partial charge in [0.05, 0.1) is 25.7 Å². The molecule has 0 aromatic rings. The van der Waals surface area contributed by atoms with E-state index in [4.69, 9.17) is 15.3 Å². The topological polar surface area (TPSA) is 102 Å². The molecule has 1 aliphatic heterocycles. The first-order valence-corrected chi connectivity index (χ1v) is 5.03. The number of carbonyl (C=O) groups excluding carboxylic acids is 1. The van der Waals surface area contributed by atoms with Crippen LogP contribution in [0.2, 0.25) is 0 Å². The first kappa shape index (κ1) is 12.4. The van der Waals surface area contributed by atoms with Crippen molar-refractivity contribution in [2.24, 2.45) is 5.92 Å². The number of hydrogen-bond donors (Lipinski definition) is 5. The minimum atomic E-state index is -1.31.